The molecular formula is C68H91N12O27+. The summed E-state index contributed by atoms with van der Waals surface area (Å²) < 4.78 is 47.7. The summed E-state index contributed by atoms with van der Waals surface area (Å²) in [6.45, 7) is -3.23. The topological polar surface area (TPSA) is 603 Å². The first kappa shape index (κ1) is 80.3. The maximum absolute atomic E-state index is 15.2. The second-order valence-corrected chi connectivity index (χ2v) is 26.3. The molecule has 10 rings (SSSR count). The predicted molar refractivity (Wildman–Crippen MR) is 364 cm³/mol. The molecule has 39 heteroatoms. The van der Waals surface area contributed by atoms with Crippen LogP contribution in [-0.4, -0.2) is 318 Å². The Kier molecular flexibility index (Phi) is 27.1. The number of rotatable bonds is 23. The molecule has 4 fully saturated rings. The summed E-state index contributed by atoms with van der Waals surface area (Å²) in [4.78, 5) is 91.9. The molecule has 25 N–H and O–H groups in total. The molecule has 1 unspecified atom stereocenters. The molecule has 4 aromatic rings. The highest BCUT2D eigenvalue weighted by Crippen LogP contribution is 2.35. The summed E-state index contributed by atoms with van der Waals surface area (Å²) in [5.41, 5.74) is 13.8. The molecule has 4 saturated heterocycles. The highest BCUT2D eigenvalue weighted by atomic mass is 16.7. The molecule has 6 aliphatic heterocycles. The van der Waals surface area contributed by atoms with Gasteiger partial charge in [-0.05, 0) is 41.0 Å². The fourth-order valence-electron chi connectivity index (χ4n) is 13.0. The van der Waals surface area contributed by atoms with Crippen LogP contribution in [0.5, 0.6) is 23.0 Å². The minimum absolute atomic E-state index is 0.0789. The number of nitrogens with zero attached hydrogens (tertiary/aromatic N) is 2. The molecule has 6 heterocycles. The zero-order valence-electron chi connectivity index (χ0n) is 57.7. The van der Waals surface area contributed by atoms with E-state index in [4.69, 9.17) is 49.4 Å². The summed E-state index contributed by atoms with van der Waals surface area (Å²) in [6, 6.07) is 14.8. The number of guanidine groups is 2. The molecule has 6 amide bonds. The lowest BCUT2D eigenvalue weighted by atomic mass is 9.92. The Morgan fingerprint density at radius 2 is 1.16 bits per heavy atom. The summed E-state index contributed by atoms with van der Waals surface area (Å²) in [7, 11) is 1.45. The highest BCUT2D eigenvalue weighted by molar-refractivity contribution is 5.98. The van der Waals surface area contributed by atoms with Crippen LogP contribution in [0.15, 0.2) is 108 Å². The lowest BCUT2D eigenvalue weighted by Gasteiger charge is -2.46. The van der Waals surface area contributed by atoms with Gasteiger partial charge in [-0.15, -0.1) is 0 Å². The van der Waals surface area contributed by atoms with E-state index >= 15 is 9.59 Å². The second kappa shape index (κ2) is 36.1. The monoisotopic (exact) mass is 1510 g/mol. The van der Waals surface area contributed by atoms with Gasteiger partial charge in [0.1, 0.15) is 153 Å². The normalized spacial score (nSPS) is 33.5. The largest absolute Gasteiger partial charge is 0.493 e. The number of hydrogen-bond donors (Lipinski definition) is 23. The quantitative estimate of drug-likeness (QED) is 0.0307. The van der Waals surface area contributed by atoms with Crippen molar-refractivity contribution >= 4 is 47.4 Å². The van der Waals surface area contributed by atoms with Crippen molar-refractivity contribution in [1.82, 2.24) is 42.5 Å². The number of carbonyl (C=O) groups excluding carboxylic acids is 6. The van der Waals surface area contributed by atoms with Gasteiger partial charge in [0.15, 0.2) is 23.7 Å². The van der Waals surface area contributed by atoms with Crippen molar-refractivity contribution in [3.8, 4) is 23.0 Å². The van der Waals surface area contributed by atoms with Crippen molar-refractivity contribution in [2.24, 2.45) is 16.5 Å². The van der Waals surface area contributed by atoms with Crippen LogP contribution in [0.4, 0.5) is 0 Å². The molecule has 107 heavy (non-hydrogen) atoms. The van der Waals surface area contributed by atoms with Crippen LogP contribution >= 0.6 is 0 Å². The van der Waals surface area contributed by atoms with Crippen LogP contribution in [0.2, 0.25) is 0 Å². The summed E-state index contributed by atoms with van der Waals surface area (Å²) in [6.07, 6.45) is -31.9. The van der Waals surface area contributed by atoms with Crippen LogP contribution in [0.25, 0.3) is 0 Å². The van der Waals surface area contributed by atoms with Gasteiger partial charge in [0.2, 0.25) is 48.0 Å². The molecule has 0 aliphatic carbocycles. The number of carbonyl (C=O) groups is 6. The van der Waals surface area contributed by atoms with E-state index in [9.17, 15) is 85.6 Å². The zero-order valence-corrected chi connectivity index (χ0v) is 57.7. The molecule has 0 aromatic heterocycles. The number of nitrogens with two attached hydrogens (primary N) is 2. The minimum Gasteiger partial charge on any atom is -0.493 e. The minimum atomic E-state index is -2.34. The molecule has 25 atom stereocenters. The van der Waals surface area contributed by atoms with Gasteiger partial charge in [0, 0.05) is 24.9 Å². The van der Waals surface area contributed by atoms with Gasteiger partial charge in [-0.2, -0.15) is 0 Å². The number of hydrogen-bond acceptors (Lipinski definition) is 32. The number of benzene rings is 4. The number of amides is 6. The van der Waals surface area contributed by atoms with Crippen molar-refractivity contribution in [3.63, 3.8) is 0 Å². The van der Waals surface area contributed by atoms with Crippen molar-refractivity contribution in [3.05, 3.63) is 120 Å². The van der Waals surface area contributed by atoms with E-state index in [0.29, 0.717) is 17.1 Å². The Balaban J connectivity index is 0.888. The van der Waals surface area contributed by atoms with Gasteiger partial charge in [-0.1, -0.05) is 79.7 Å². The third-order valence-corrected chi connectivity index (χ3v) is 19.2. The van der Waals surface area contributed by atoms with E-state index in [1.165, 1.54) is 37.4 Å². The van der Waals surface area contributed by atoms with E-state index in [2.05, 4.69) is 47.5 Å². The molecule has 0 spiro atoms. The summed E-state index contributed by atoms with van der Waals surface area (Å²) in [5.74, 6) is -7.96. The van der Waals surface area contributed by atoms with E-state index in [-0.39, 0.29) is 42.1 Å². The lowest BCUT2D eigenvalue weighted by Crippen LogP contribution is -2.68. The highest BCUT2D eigenvalue weighted by Gasteiger charge is 2.55. The molecular weight excluding hydrogens is 1420 g/mol. The Hall–Kier alpha value is -9.24. The maximum atomic E-state index is 15.2. The fraction of sp³-hybridized carbons (Fsp3) is 0.529. The molecule has 4 aromatic carbocycles. The number of aliphatic hydroxyl groups excluding tert-OH is 13. The standard InChI is InChI=1S/C68H90N12O27/c1-29(32-11-7-4-8-12-32)45-61(97)74-35(19-30-13-15-33(16-14-30)103-65-57(94)54(91)58(42(26-83)105-65)107-66-56(93)53(90)51(88)43(106-66)28-101-34-17-18-39(100-2)40(20-34)102-27-31-9-5-3-6-10-31)60(96)78-46(48(85)36-21-72-67(69)76-36)63(99)79-47(62(98)75-37(24-81)59(95)71-23-44(84)77-45)49(86)38-22-73-68(70)80(38)64-55(92)52(89)50(87)41(25-82)104-64/h3-18,20,29,35-38,41-43,45-58,64-66,81-83,85-94H,19,21-28H2,1-2H3,(H11,69,70,71,72,73,74,75,76,77,78,79,84,95,96,97,98,99)/p+1/t29-,35-,36+,37+,38+,41+,42-,43+,45?,46+,47-,48-,49-,50+,51+,52+,53+,54+,55+,56+,57-,58+,64-,65-,66+/m1/s1. The van der Waals surface area contributed by atoms with Crippen molar-refractivity contribution in [1.29, 1.82) is 0 Å². The first-order chi connectivity index (χ1) is 51.2. The number of methoxy groups -OCH3 is 1. The van der Waals surface area contributed by atoms with Gasteiger partial charge < -0.3 is 147 Å². The summed E-state index contributed by atoms with van der Waals surface area (Å²) in [5, 5.41) is 164. The fourth-order valence-corrected chi connectivity index (χ4v) is 13.0. The predicted octanol–water partition coefficient (Wildman–Crippen LogP) is -10.6. The number of nitrogens with one attached hydrogen (secondary N) is 8. The Morgan fingerprint density at radius 3 is 1.82 bits per heavy atom. The first-order valence-electron chi connectivity index (χ1n) is 34.3. The first-order valence-corrected chi connectivity index (χ1v) is 34.3. The SMILES string of the molecule is COc1ccc(OC[C@@H]2O[C@@H](O[C@@H]3[C@@H](O)[C@@H](O)[C@H](Oc4ccc(C[C@H]5NC(=O)C([C@H](C)c6ccccc6)NC(=O)CNC(=O)[C@H](CO)NC(=O)[C@@H]([C@H](O)[C@@H]6CNC(N)=[N+]6[C@@H]6O[C@@H](CO)[C@H](O)[C@H](O)[C@@H]6O)NC(=O)[C@H]([C@H](O)[C@@H]6CNC(N)=N6)NC5=O)cc4)O[C@@H]3CO)[C@@H](O)[C@@H](O)[C@H]2O)cc1OCc1ccccc1. The van der Waals surface area contributed by atoms with Crippen LogP contribution in [0, 0.1) is 0 Å². The number of aliphatic imine (C=N–C) groups is 1. The smallest absolute Gasteiger partial charge is 0.346 e. The van der Waals surface area contributed by atoms with Crippen LogP contribution in [0.3, 0.4) is 0 Å². The number of ether oxygens (including phenoxy) is 8. The van der Waals surface area contributed by atoms with Gasteiger partial charge in [0.05, 0.1) is 39.5 Å². The van der Waals surface area contributed by atoms with Crippen LogP contribution < -0.4 is 72.9 Å². The average molecular weight is 1510 g/mol. The molecule has 39 nitrogen and oxygen atoms in total. The Labute approximate surface area is 610 Å². The molecule has 0 saturated carbocycles. The molecule has 6 aliphatic rings. The van der Waals surface area contributed by atoms with E-state index in [1.54, 1.807) is 49.4 Å². The molecule has 0 bridgehead atoms. The van der Waals surface area contributed by atoms with Gasteiger partial charge >= 0.3 is 5.96 Å². The van der Waals surface area contributed by atoms with E-state index in [0.717, 1.165) is 10.1 Å². The van der Waals surface area contributed by atoms with E-state index in [1.807, 2.05) is 30.3 Å². The lowest BCUT2D eigenvalue weighted by molar-refractivity contribution is -0.663. The van der Waals surface area contributed by atoms with Crippen LogP contribution in [-0.2, 0) is 60.7 Å². The maximum Gasteiger partial charge on any atom is 0.346 e. The van der Waals surface area contributed by atoms with Gasteiger partial charge in [-0.3, -0.25) is 39.8 Å². The average Bonchev–Trinajstić information content (AvgIpc) is 1.74. The molecule has 0 radical (unpaired) electrons. The van der Waals surface area contributed by atoms with Gasteiger partial charge in [0.25, 0.3) is 0 Å². The third-order valence-electron chi connectivity index (χ3n) is 19.2. The van der Waals surface area contributed by atoms with Crippen molar-refractivity contribution in [2.75, 3.05) is 53.2 Å². The third kappa shape index (κ3) is 18.8. The van der Waals surface area contributed by atoms with E-state index < -0.39 is 234 Å². The molecule has 584 valence electrons. The van der Waals surface area contributed by atoms with Gasteiger partial charge in [-0.25, -0.2) is 9.57 Å². The number of aliphatic hydroxyl groups is 13. The zero-order chi connectivity index (χ0) is 77.1. The second-order valence-electron chi connectivity index (χ2n) is 26.3. The van der Waals surface area contributed by atoms with Crippen LogP contribution in [0.1, 0.15) is 29.5 Å². The van der Waals surface area contributed by atoms with Crippen molar-refractivity contribution in [2.45, 2.75) is 172 Å². The van der Waals surface area contributed by atoms with Crippen molar-refractivity contribution < 1.29 is 138 Å². The Bertz CT molecular complexity index is 3760. The Morgan fingerprint density at radius 1 is 0.551 bits per heavy atom. The summed E-state index contributed by atoms with van der Waals surface area (Å²) >= 11 is 0.